The zero-order chi connectivity index (χ0) is 12.3. The number of aromatic nitrogens is 1. The van der Waals surface area contributed by atoms with Gasteiger partial charge in [0.15, 0.2) is 0 Å². The van der Waals surface area contributed by atoms with Crippen LogP contribution in [-0.4, -0.2) is 43.5 Å². The molecule has 1 aromatic rings. The molecule has 0 aliphatic carbocycles. The Morgan fingerprint density at radius 2 is 2.12 bits per heavy atom. The van der Waals surface area contributed by atoms with Gasteiger partial charge in [0, 0.05) is 31.8 Å². The molecule has 0 N–H and O–H groups in total. The van der Waals surface area contributed by atoms with Gasteiger partial charge in [-0.05, 0) is 22.0 Å². The predicted molar refractivity (Wildman–Crippen MR) is 68.9 cm³/mol. The average Bonchev–Trinajstić information content (AvgIpc) is 2.16. The van der Waals surface area contributed by atoms with Crippen LogP contribution in [0.4, 0.5) is 5.82 Å². The van der Waals surface area contributed by atoms with Gasteiger partial charge in [-0.2, -0.15) is 0 Å². The smallest absolute Gasteiger partial charge is 0.241 e. The molecule has 1 rings (SSSR count). The van der Waals surface area contributed by atoms with Crippen molar-refractivity contribution in [3.63, 3.8) is 0 Å². The van der Waals surface area contributed by atoms with Crippen molar-refractivity contribution in [3.05, 3.63) is 21.8 Å². The molecule has 6 heteroatoms. The van der Waals surface area contributed by atoms with Gasteiger partial charge in [-0.1, -0.05) is 11.6 Å². The molecule has 88 valence electrons. The number of pyridine rings is 1. The maximum atomic E-state index is 11.5. The summed E-state index contributed by atoms with van der Waals surface area (Å²) >= 11 is 9.31. The van der Waals surface area contributed by atoms with E-state index < -0.39 is 0 Å². The molecule has 0 atom stereocenters. The van der Waals surface area contributed by atoms with Gasteiger partial charge in [0.25, 0.3) is 0 Å². The van der Waals surface area contributed by atoms with Gasteiger partial charge in [0.2, 0.25) is 5.91 Å². The number of carbonyl (C=O) groups excluding carboxylic acids is 1. The Bertz CT molecular complexity index is 398. The summed E-state index contributed by atoms with van der Waals surface area (Å²) in [5, 5.41) is 0.517. The SMILES string of the molecule is CN(C)C(=O)CN(C)c1ncc(Br)cc1Cl. The molecule has 0 fully saturated rings. The summed E-state index contributed by atoms with van der Waals surface area (Å²) in [6.45, 7) is 0.251. The first-order chi connectivity index (χ1) is 7.41. The molecule has 0 saturated heterocycles. The molecule has 0 aliphatic rings. The fourth-order valence-electron chi connectivity index (χ4n) is 1.11. The molecular weight excluding hydrogens is 293 g/mol. The van der Waals surface area contributed by atoms with E-state index in [-0.39, 0.29) is 12.5 Å². The van der Waals surface area contributed by atoms with Crippen LogP contribution in [0.25, 0.3) is 0 Å². The van der Waals surface area contributed by atoms with E-state index in [4.69, 9.17) is 11.6 Å². The minimum absolute atomic E-state index is 0.00304. The zero-order valence-electron chi connectivity index (χ0n) is 9.37. The summed E-state index contributed by atoms with van der Waals surface area (Å²) in [4.78, 5) is 18.9. The van der Waals surface area contributed by atoms with E-state index in [1.807, 2.05) is 0 Å². The number of hydrogen-bond acceptors (Lipinski definition) is 3. The molecule has 0 radical (unpaired) electrons. The highest BCUT2D eigenvalue weighted by Gasteiger charge is 2.13. The number of hydrogen-bond donors (Lipinski definition) is 0. The van der Waals surface area contributed by atoms with Gasteiger partial charge in [-0.15, -0.1) is 0 Å². The van der Waals surface area contributed by atoms with Gasteiger partial charge in [-0.25, -0.2) is 4.98 Å². The van der Waals surface area contributed by atoms with E-state index in [1.54, 1.807) is 38.3 Å². The van der Waals surface area contributed by atoms with Crippen LogP contribution in [0.3, 0.4) is 0 Å². The molecule has 1 amide bonds. The Labute approximate surface area is 108 Å². The van der Waals surface area contributed by atoms with Crippen LogP contribution in [0, 0.1) is 0 Å². The topological polar surface area (TPSA) is 36.4 Å². The van der Waals surface area contributed by atoms with Crippen LogP contribution in [0.5, 0.6) is 0 Å². The number of amides is 1. The highest BCUT2D eigenvalue weighted by molar-refractivity contribution is 9.10. The molecule has 4 nitrogen and oxygen atoms in total. The third-order valence-electron chi connectivity index (χ3n) is 2.02. The lowest BCUT2D eigenvalue weighted by atomic mass is 10.4. The van der Waals surface area contributed by atoms with Crippen molar-refractivity contribution < 1.29 is 4.79 Å². The van der Waals surface area contributed by atoms with Crippen molar-refractivity contribution in [3.8, 4) is 0 Å². The Kier molecular flexibility index (Phi) is 4.56. The molecular formula is C10H13BrClN3O. The lowest BCUT2D eigenvalue weighted by Crippen LogP contribution is -2.34. The van der Waals surface area contributed by atoms with Crippen molar-refractivity contribution >= 4 is 39.3 Å². The third-order valence-corrected chi connectivity index (χ3v) is 2.73. The maximum Gasteiger partial charge on any atom is 0.241 e. The Morgan fingerprint density at radius 3 is 2.62 bits per heavy atom. The number of anilines is 1. The van der Waals surface area contributed by atoms with Crippen LogP contribution in [0.15, 0.2) is 16.7 Å². The largest absolute Gasteiger partial charge is 0.349 e. The second-order valence-corrected chi connectivity index (χ2v) is 4.93. The normalized spacial score (nSPS) is 10.1. The van der Waals surface area contributed by atoms with E-state index in [1.165, 1.54) is 4.90 Å². The third kappa shape index (κ3) is 3.35. The lowest BCUT2D eigenvalue weighted by Gasteiger charge is -2.20. The first-order valence-electron chi connectivity index (χ1n) is 4.64. The Morgan fingerprint density at radius 1 is 1.50 bits per heavy atom. The Hall–Kier alpha value is -0.810. The van der Waals surface area contributed by atoms with E-state index >= 15 is 0 Å². The summed E-state index contributed by atoms with van der Waals surface area (Å²) in [5.41, 5.74) is 0. The maximum absolute atomic E-state index is 11.5. The number of halogens is 2. The van der Waals surface area contributed by atoms with Crippen molar-refractivity contribution in [2.75, 3.05) is 32.6 Å². The van der Waals surface area contributed by atoms with Crippen LogP contribution >= 0.6 is 27.5 Å². The van der Waals surface area contributed by atoms with E-state index in [0.29, 0.717) is 10.8 Å². The predicted octanol–water partition coefficient (Wildman–Crippen LogP) is 2.02. The van der Waals surface area contributed by atoms with Gasteiger partial charge >= 0.3 is 0 Å². The van der Waals surface area contributed by atoms with Crippen LogP contribution < -0.4 is 4.90 Å². The number of carbonyl (C=O) groups is 1. The van der Waals surface area contributed by atoms with E-state index in [0.717, 1.165) is 4.47 Å². The van der Waals surface area contributed by atoms with Crippen LogP contribution in [0.1, 0.15) is 0 Å². The number of rotatable bonds is 3. The second-order valence-electron chi connectivity index (χ2n) is 3.60. The zero-order valence-corrected chi connectivity index (χ0v) is 11.7. The second kappa shape index (κ2) is 5.50. The summed E-state index contributed by atoms with van der Waals surface area (Å²) in [5.74, 6) is 0.600. The molecule has 0 bridgehead atoms. The van der Waals surface area contributed by atoms with Gasteiger partial charge in [0.1, 0.15) is 5.82 Å². The monoisotopic (exact) mass is 305 g/mol. The van der Waals surface area contributed by atoms with Gasteiger partial charge in [0.05, 0.1) is 11.6 Å². The first kappa shape index (κ1) is 13.3. The molecule has 1 heterocycles. The highest BCUT2D eigenvalue weighted by Crippen LogP contribution is 2.25. The number of likely N-dealkylation sites (N-methyl/N-ethyl adjacent to an activating group) is 2. The van der Waals surface area contributed by atoms with Crippen molar-refractivity contribution in [2.45, 2.75) is 0 Å². The summed E-state index contributed by atoms with van der Waals surface area (Å²) in [7, 11) is 5.21. The quantitative estimate of drug-likeness (QED) is 0.857. The van der Waals surface area contributed by atoms with Crippen LogP contribution in [0.2, 0.25) is 5.02 Å². The highest BCUT2D eigenvalue weighted by atomic mass is 79.9. The number of nitrogens with zero attached hydrogens (tertiary/aromatic N) is 3. The molecule has 1 aromatic heterocycles. The summed E-state index contributed by atoms with van der Waals surface area (Å²) < 4.78 is 0.814. The van der Waals surface area contributed by atoms with Gasteiger partial charge < -0.3 is 9.80 Å². The minimum atomic E-state index is 0.00304. The lowest BCUT2D eigenvalue weighted by molar-refractivity contribution is -0.127. The molecule has 0 spiro atoms. The summed E-state index contributed by atoms with van der Waals surface area (Å²) in [6.07, 6.45) is 1.65. The van der Waals surface area contributed by atoms with Crippen molar-refractivity contribution in [2.24, 2.45) is 0 Å². The first-order valence-corrected chi connectivity index (χ1v) is 5.81. The van der Waals surface area contributed by atoms with E-state index in [9.17, 15) is 4.79 Å². The molecule has 0 aromatic carbocycles. The molecule has 0 saturated carbocycles. The van der Waals surface area contributed by atoms with Gasteiger partial charge in [-0.3, -0.25) is 4.79 Å². The fourth-order valence-corrected chi connectivity index (χ4v) is 1.88. The fraction of sp³-hybridized carbons (Fsp3) is 0.400. The Balaban J connectivity index is 2.80. The summed E-state index contributed by atoms with van der Waals surface area (Å²) in [6, 6.07) is 1.75. The van der Waals surface area contributed by atoms with Crippen LogP contribution in [-0.2, 0) is 4.79 Å². The standard InChI is InChI=1S/C10H13BrClN3O/c1-14(2)9(16)6-15(3)10-8(12)4-7(11)5-13-10/h4-5H,6H2,1-3H3. The van der Waals surface area contributed by atoms with E-state index in [2.05, 4.69) is 20.9 Å². The van der Waals surface area contributed by atoms with Crippen molar-refractivity contribution in [1.29, 1.82) is 0 Å². The molecule has 16 heavy (non-hydrogen) atoms. The van der Waals surface area contributed by atoms with Crippen molar-refractivity contribution in [1.82, 2.24) is 9.88 Å². The molecule has 0 aliphatic heterocycles. The average molecular weight is 307 g/mol. The minimum Gasteiger partial charge on any atom is -0.349 e. The molecule has 0 unspecified atom stereocenters.